The molecule has 2 aliphatic rings. The quantitative estimate of drug-likeness (QED) is 0.772. The molecule has 0 radical (unpaired) electrons. The van der Waals surface area contributed by atoms with Gasteiger partial charge in [-0.1, -0.05) is 0 Å². The summed E-state index contributed by atoms with van der Waals surface area (Å²) in [5.74, 6) is 0. The number of amides is 1. The van der Waals surface area contributed by atoms with Gasteiger partial charge in [0.1, 0.15) is 5.60 Å². The van der Waals surface area contributed by atoms with Crippen LogP contribution in [0.3, 0.4) is 0 Å². The smallest absolute Gasteiger partial charge is 0.410 e. The first-order valence-corrected chi connectivity index (χ1v) is 6.69. The van der Waals surface area contributed by atoms with E-state index < -0.39 is 5.60 Å². The third-order valence-electron chi connectivity index (χ3n) is 3.57. The molecule has 104 valence electrons. The lowest BCUT2D eigenvalue weighted by Crippen LogP contribution is -2.39. The maximum atomic E-state index is 12.0. The molecule has 2 rings (SSSR count). The number of rotatable bonds is 1. The molecule has 2 N–H and O–H groups in total. The third-order valence-corrected chi connectivity index (χ3v) is 3.57. The Morgan fingerprint density at radius 3 is 2.78 bits per heavy atom. The number of hydrogen-bond acceptors (Lipinski definition) is 4. The van der Waals surface area contributed by atoms with Crippen LogP contribution in [0, 0.1) is 0 Å². The second-order valence-corrected chi connectivity index (χ2v) is 6.35. The van der Waals surface area contributed by atoms with E-state index in [1.165, 1.54) is 0 Å². The highest BCUT2D eigenvalue weighted by Gasteiger charge is 2.46. The van der Waals surface area contributed by atoms with E-state index in [0.29, 0.717) is 19.6 Å². The first-order valence-electron chi connectivity index (χ1n) is 6.69. The Balaban J connectivity index is 1.91. The van der Waals surface area contributed by atoms with Gasteiger partial charge in [-0.3, -0.25) is 0 Å². The number of ether oxygens (including phenoxy) is 2. The van der Waals surface area contributed by atoms with Crippen LogP contribution in [-0.4, -0.2) is 47.9 Å². The van der Waals surface area contributed by atoms with E-state index in [1.807, 2.05) is 20.8 Å². The highest BCUT2D eigenvalue weighted by Crippen LogP contribution is 2.38. The lowest BCUT2D eigenvalue weighted by molar-refractivity contribution is -0.0325. The maximum absolute atomic E-state index is 12.0. The molecule has 5 nitrogen and oxygen atoms in total. The molecule has 2 fully saturated rings. The molecule has 2 aliphatic heterocycles. The van der Waals surface area contributed by atoms with Gasteiger partial charge in [-0.2, -0.15) is 0 Å². The molecule has 2 unspecified atom stereocenters. The van der Waals surface area contributed by atoms with Crippen LogP contribution < -0.4 is 5.73 Å². The first kappa shape index (κ1) is 13.6. The van der Waals surface area contributed by atoms with Crippen LogP contribution in [-0.2, 0) is 9.47 Å². The Bertz CT molecular complexity index is 327. The fraction of sp³-hybridized carbons (Fsp3) is 0.923. The summed E-state index contributed by atoms with van der Waals surface area (Å²) in [6.07, 6.45) is 2.80. The van der Waals surface area contributed by atoms with Gasteiger partial charge in [0.15, 0.2) is 0 Å². The molecule has 5 heteroatoms. The van der Waals surface area contributed by atoms with Crippen molar-refractivity contribution >= 4 is 6.09 Å². The number of hydrogen-bond donors (Lipinski definition) is 1. The Morgan fingerprint density at radius 2 is 2.22 bits per heavy atom. The highest BCUT2D eigenvalue weighted by atomic mass is 16.6. The predicted octanol–water partition coefficient (Wildman–Crippen LogP) is 1.50. The molecule has 2 heterocycles. The average molecular weight is 256 g/mol. The molecule has 2 atom stereocenters. The fourth-order valence-corrected chi connectivity index (χ4v) is 2.69. The van der Waals surface area contributed by atoms with Crippen LogP contribution in [0.1, 0.15) is 40.0 Å². The molecule has 1 amide bonds. The zero-order valence-electron chi connectivity index (χ0n) is 11.6. The molecular weight excluding hydrogens is 232 g/mol. The Morgan fingerprint density at radius 1 is 1.50 bits per heavy atom. The second-order valence-electron chi connectivity index (χ2n) is 6.35. The minimum atomic E-state index is -0.441. The number of carbonyl (C=O) groups excluding carboxylic acids is 1. The maximum Gasteiger partial charge on any atom is 0.410 e. The van der Waals surface area contributed by atoms with Crippen LogP contribution in [0.4, 0.5) is 4.79 Å². The van der Waals surface area contributed by atoms with Gasteiger partial charge in [0.2, 0.25) is 0 Å². The number of likely N-dealkylation sites (tertiary alicyclic amines) is 1. The van der Waals surface area contributed by atoms with E-state index >= 15 is 0 Å². The Kier molecular flexibility index (Phi) is 3.56. The summed E-state index contributed by atoms with van der Waals surface area (Å²) in [6, 6.07) is 0. The number of carbonyl (C=O) groups is 1. The van der Waals surface area contributed by atoms with E-state index in [-0.39, 0.29) is 17.8 Å². The summed E-state index contributed by atoms with van der Waals surface area (Å²) in [4.78, 5) is 13.7. The summed E-state index contributed by atoms with van der Waals surface area (Å²) in [7, 11) is 0. The second kappa shape index (κ2) is 4.70. The van der Waals surface area contributed by atoms with Gasteiger partial charge >= 0.3 is 6.09 Å². The lowest BCUT2D eigenvalue weighted by Gasteiger charge is -2.27. The summed E-state index contributed by atoms with van der Waals surface area (Å²) in [5, 5.41) is 0. The van der Waals surface area contributed by atoms with E-state index in [4.69, 9.17) is 15.2 Å². The summed E-state index contributed by atoms with van der Waals surface area (Å²) >= 11 is 0. The molecule has 0 aromatic rings. The molecule has 0 saturated carbocycles. The predicted molar refractivity (Wildman–Crippen MR) is 68.3 cm³/mol. The van der Waals surface area contributed by atoms with Gasteiger partial charge in [0.05, 0.1) is 18.2 Å². The van der Waals surface area contributed by atoms with Crippen molar-refractivity contribution in [1.82, 2.24) is 4.90 Å². The number of nitrogens with two attached hydrogens (primary N) is 1. The van der Waals surface area contributed by atoms with Crippen molar-refractivity contribution in [2.24, 2.45) is 5.73 Å². The highest BCUT2D eigenvalue weighted by molar-refractivity contribution is 5.68. The van der Waals surface area contributed by atoms with Gasteiger partial charge in [0, 0.05) is 13.1 Å². The fourth-order valence-electron chi connectivity index (χ4n) is 2.69. The van der Waals surface area contributed by atoms with Gasteiger partial charge in [0.25, 0.3) is 0 Å². The normalized spacial score (nSPS) is 32.2. The van der Waals surface area contributed by atoms with Crippen LogP contribution in [0.5, 0.6) is 0 Å². The SMILES string of the molecule is CC(C)(C)OC(=O)N1CCC2(CCC(CN)O2)C1. The van der Waals surface area contributed by atoms with E-state index in [0.717, 1.165) is 19.3 Å². The van der Waals surface area contributed by atoms with Gasteiger partial charge in [-0.05, 0) is 40.0 Å². The van der Waals surface area contributed by atoms with E-state index in [1.54, 1.807) is 4.90 Å². The van der Waals surface area contributed by atoms with Crippen LogP contribution in [0.2, 0.25) is 0 Å². The molecule has 0 aromatic carbocycles. The van der Waals surface area contributed by atoms with Crippen molar-refractivity contribution in [1.29, 1.82) is 0 Å². The summed E-state index contributed by atoms with van der Waals surface area (Å²) < 4.78 is 11.4. The summed E-state index contributed by atoms with van der Waals surface area (Å²) in [6.45, 7) is 7.56. The molecule has 0 aliphatic carbocycles. The Hall–Kier alpha value is -0.810. The number of nitrogens with zero attached hydrogens (tertiary/aromatic N) is 1. The van der Waals surface area contributed by atoms with Gasteiger partial charge in [-0.15, -0.1) is 0 Å². The standard InChI is InChI=1S/C13H24N2O3/c1-12(2,3)18-11(16)15-7-6-13(9-15)5-4-10(8-14)17-13/h10H,4-9,14H2,1-3H3. The largest absolute Gasteiger partial charge is 0.444 e. The van der Waals surface area contributed by atoms with Crippen molar-refractivity contribution < 1.29 is 14.3 Å². The van der Waals surface area contributed by atoms with Crippen molar-refractivity contribution in [2.75, 3.05) is 19.6 Å². The van der Waals surface area contributed by atoms with Gasteiger partial charge in [-0.25, -0.2) is 4.79 Å². The summed E-state index contributed by atoms with van der Waals surface area (Å²) in [5.41, 5.74) is 5.03. The Labute approximate surface area is 109 Å². The van der Waals surface area contributed by atoms with Crippen LogP contribution in [0.25, 0.3) is 0 Å². The van der Waals surface area contributed by atoms with Gasteiger partial charge < -0.3 is 20.1 Å². The van der Waals surface area contributed by atoms with E-state index in [2.05, 4.69) is 0 Å². The van der Waals surface area contributed by atoms with Crippen molar-refractivity contribution in [3.05, 3.63) is 0 Å². The minimum absolute atomic E-state index is 0.156. The van der Waals surface area contributed by atoms with Crippen molar-refractivity contribution in [2.45, 2.75) is 57.3 Å². The molecule has 1 spiro atoms. The zero-order valence-corrected chi connectivity index (χ0v) is 11.6. The molecule has 0 bridgehead atoms. The first-order chi connectivity index (χ1) is 8.34. The molecule has 2 saturated heterocycles. The molecule has 18 heavy (non-hydrogen) atoms. The van der Waals surface area contributed by atoms with Crippen LogP contribution >= 0.6 is 0 Å². The minimum Gasteiger partial charge on any atom is -0.444 e. The lowest BCUT2D eigenvalue weighted by atomic mass is 9.99. The molecular formula is C13H24N2O3. The van der Waals surface area contributed by atoms with Crippen molar-refractivity contribution in [3.8, 4) is 0 Å². The monoisotopic (exact) mass is 256 g/mol. The van der Waals surface area contributed by atoms with Crippen molar-refractivity contribution in [3.63, 3.8) is 0 Å². The van der Waals surface area contributed by atoms with Crippen LogP contribution in [0.15, 0.2) is 0 Å². The third kappa shape index (κ3) is 2.95. The zero-order chi connectivity index (χ0) is 13.4. The average Bonchev–Trinajstić information content (AvgIpc) is 2.84. The molecule has 0 aromatic heterocycles. The topological polar surface area (TPSA) is 64.8 Å². The van der Waals surface area contributed by atoms with E-state index in [9.17, 15) is 4.79 Å².